The Kier molecular flexibility index (Phi) is 4.77. The average molecular weight is 354 g/mol. The Balaban J connectivity index is 2.29. The summed E-state index contributed by atoms with van der Waals surface area (Å²) in [6.07, 6.45) is 0. The van der Waals surface area contributed by atoms with Gasteiger partial charge in [-0.25, -0.2) is 8.42 Å². The molecule has 0 spiro atoms. The summed E-state index contributed by atoms with van der Waals surface area (Å²) >= 11 is 6.44. The van der Waals surface area contributed by atoms with Gasteiger partial charge in [-0.05, 0) is 31.5 Å². The molecule has 0 bridgehead atoms. The highest BCUT2D eigenvalue weighted by atomic mass is 35.5. The molecule has 0 aromatic heterocycles. The molecule has 5 nitrogen and oxygen atoms in total. The lowest BCUT2D eigenvalue weighted by Gasteiger charge is -2.22. The lowest BCUT2D eigenvalue weighted by Crippen LogP contribution is -2.26. The van der Waals surface area contributed by atoms with Crippen LogP contribution in [-0.4, -0.2) is 19.1 Å². The summed E-state index contributed by atoms with van der Waals surface area (Å²) in [6.45, 7) is 3.57. The van der Waals surface area contributed by atoms with Crippen LogP contribution in [-0.2, 0) is 14.7 Å². The van der Waals surface area contributed by atoms with Gasteiger partial charge in [-0.1, -0.05) is 29.8 Å². The van der Waals surface area contributed by atoms with Gasteiger partial charge in [0.05, 0.1) is 20.4 Å². The van der Waals surface area contributed by atoms with Gasteiger partial charge in [0.1, 0.15) is 0 Å². The third kappa shape index (κ3) is 4.09. The highest BCUT2D eigenvalue weighted by Crippen LogP contribution is 2.32. The van der Waals surface area contributed by atoms with Gasteiger partial charge in [0.2, 0.25) is 0 Å². The first-order chi connectivity index (χ1) is 10.6. The zero-order valence-corrected chi connectivity index (χ0v) is 14.3. The summed E-state index contributed by atoms with van der Waals surface area (Å²) in [6, 6.07) is 12.1. The van der Waals surface area contributed by atoms with E-state index in [1.54, 1.807) is 19.1 Å². The molecule has 1 atom stereocenters. The monoisotopic (exact) mass is 353 g/mol. The Hall–Kier alpha value is -1.92. The van der Waals surface area contributed by atoms with Crippen LogP contribution in [0.4, 0.5) is 5.69 Å². The number of rotatable bonds is 5. The van der Waals surface area contributed by atoms with E-state index in [1.807, 2.05) is 19.1 Å². The number of hydrogen-bond donors (Lipinski definition) is 0. The van der Waals surface area contributed by atoms with Crippen molar-refractivity contribution in [3.63, 3.8) is 0 Å². The molecule has 0 fully saturated rings. The third-order valence-corrected chi connectivity index (χ3v) is 5.98. The predicted octanol–water partition coefficient (Wildman–Crippen LogP) is 3.83. The molecule has 23 heavy (non-hydrogen) atoms. The number of hydrogen-bond acceptors (Lipinski definition) is 4. The Bertz CT molecular complexity index is 812. The average Bonchev–Trinajstić information content (AvgIpc) is 2.46. The molecule has 0 aliphatic carbocycles. The Morgan fingerprint density at radius 2 is 1.61 bits per heavy atom. The van der Waals surface area contributed by atoms with E-state index in [1.165, 1.54) is 24.3 Å². The predicted molar refractivity (Wildman–Crippen MR) is 89.5 cm³/mol. The summed E-state index contributed by atoms with van der Waals surface area (Å²) in [5.74, 6) is -0.303. The van der Waals surface area contributed by atoms with E-state index in [-0.39, 0.29) is 16.3 Å². The molecule has 122 valence electrons. The number of non-ortho nitro benzene ring substituents is 1. The highest BCUT2D eigenvalue weighted by Gasteiger charge is 2.31. The number of halogens is 1. The van der Waals surface area contributed by atoms with E-state index >= 15 is 0 Å². The van der Waals surface area contributed by atoms with Crippen molar-refractivity contribution in [1.82, 2.24) is 0 Å². The summed E-state index contributed by atoms with van der Waals surface area (Å²) in [7, 11) is -3.67. The minimum Gasteiger partial charge on any atom is -0.258 e. The molecule has 7 heteroatoms. The lowest BCUT2D eigenvalue weighted by molar-refractivity contribution is -0.384. The van der Waals surface area contributed by atoms with Crippen LogP contribution >= 0.6 is 11.6 Å². The molecule has 0 saturated carbocycles. The molecule has 2 rings (SSSR count). The number of nitrogens with zero attached hydrogens (tertiary/aromatic N) is 1. The van der Waals surface area contributed by atoms with E-state index < -0.39 is 19.6 Å². The zero-order valence-electron chi connectivity index (χ0n) is 12.7. The van der Waals surface area contributed by atoms with Gasteiger partial charge < -0.3 is 0 Å². The Labute approximate surface area is 140 Å². The van der Waals surface area contributed by atoms with Crippen LogP contribution in [0.5, 0.6) is 0 Å². The molecule has 0 N–H and O–H groups in total. The van der Waals surface area contributed by atoms with Crippen molar-refractivity contribution in [1.29, 1.82) is 0 Å². The summed E-state index contributed by atoms with van der Waals surface area (Å²) < 4.78 is 25.0. The first kappa shape index (κ1) is 17.4. The van der Waals surface area contributed by atoms with Gasteiger partial charge in [-0.3, -0.25) is 10.1 Å². The van der Waals surface area contributed by atoms with E-state index in [0.717, 1.165) is 5.56 Å². The zero-order chi connectivity index (χ0) is 17.3. The Morgan fingerprint density at radius 3 is 2.09 bits per heavy atom. The Morgan fingerprint density at radius 1 is 1.09 bits per heavy atom. The number of nitro benzene ring substituents is 1. The minimum atomic E-state index is -3.67. The number of nitro groups is 1. The van der Waals surface area contributed by atoms with Crippen LogP contribution < -0.4 is 0 Å². The molecule has 0 saturated heterocycles. The van der Waals surface area contributed by atoms with Crippen LogP contribution in [0, 0.1) is 17.0 Å². The van der Waals surface area contributed by atoms with Gasteiger partial charge in [0.15, 0.2) is 9.84 Å². The molecular weight excluding hydrogens is 338 g/mol. The van der Waals surface area contributed by atoms with Crippen molar-refractivity contribution in [2.45, 2.75) is 23.6 Å². The molecular formula is C16H16ClNO4S. The smallest absolute Gasteiger partial charge is 0.258 e. The molecule has 0 radical (unpaired) electrons. The summed E-state index contributed by atoms with van der Waals surface area (Å²) in [5.41, 5.74) is 1.60. The van der Waals surface area contributed by atoms with E-state index in [0.29, 0.717) is 5.56 Å². The molecule has 1 unspecified atom stereocenters. The normalized spacial score (nSPS) is 14.2. The number of sulfone groups is 1. The largest absolute Gasteiger partial charge is 0.269 e. The van der Waals surface area contributed by atoms with Crippen molar-refractivity contribution in [3.8, 4) is 0 Å². The fourth-order valence-corrected chi connectivity index (χ4v) is 4.35. The van der Waals surface area contributed by atoms with Crippen LogP contribution in [0.1, 0.15) is 18.1 Å². The van der Waals surface area contributed by atoms with Gasteiger partial charge in [0.25, 0.3) is 5.69 Å². The molecule has 0 amide bonds. The maximum Gasteiger partial charge on any atom is 0.269 e. The standard InChI is InChI=1S/C16H16ClNO4S/c1-12-3-5-13(6-4-12)16(2,17)11-23(21,22)15-9-7-14(8-10-15)18(19)20/h3-10H,11H2,1-2H3. The van der Waals surface area contributed by atoms with Crippen molar-refractivity contribution in [3.05, 3.63) is 69.8 Å². The van der Waals surface area contributed by atoms with Crippen molar-refractivity contribution < 1.29 is 13.3 Å². The fraction of sp³-hybridized carbons (Fsp3) is 0.250. The van der Waals surface area contributed by atoms with E-state index in [9.17, 15) is 18.5 Å². The molecule has 0 aliphatic rings. The molecule has 0 heterocycles. The maximum absolute atomic E-state index is 12.5. The molecule has 0 aliphatic heterocycles. The number of benzene rings is 2. The first-order valence-electron chi connectivity index (χ1n) is 6.85. The van der Waals surface area contributed by atoms with Gasteiger partial charge in [-0.2, -0.15) is 0 Å². The van der Waals surface area contributed by atoms with Gasteiger partial charge in [-0.15, -0.1) is 11.6 Å². The van der Waals surface area contributed by atoms with E-state index in [4.69, 9.17) is 11.6 Å². The number of aryl methyl sites for hydroxylation is 1. The molecule has 2 aromatic carbocycles. The summed E-state index contributed by atoms with van der Waals surface area (Å²) in [4.78, 5) is 8.99. The van der Waals surface area contributed by atoms with Gasteiger partial charge in [0, 0.05) is 12.1 Å². The first-order valence-corrected chi connectivity index (χ1v) is 8.88. The third-order valence-electron chi connectivity index (χ3n) is 3.52. The second-order valence-corrected chi connectivity index (χ2v) is 8.40. The highest BCUT2D eigenvalue weighted by molar-refractivity contribution is 7.91. The van der Waals surface area contributed by atoms with E-state index in [2.05, 4.69) is 0 Å². The second-order valence-electron chi connectivity index (χ2n) is 5.57. The summed E-state index contributed by atoms with van der Waals surface area (Å²) in [5, 5.41) is 10.6. The lowest BCUT2D eigenvalue weighted by atomic mass is 10.0. The van der Waals surface area contributed by atoms with Crippen LogP contribution in [0.15, 0.2) is 53.4 Å². The van der Waals surface area contributed by atoms with Crippen molar-refractivity contribution >= 4 is 27.1 Å². The molecule has 2 aromatic rings. The topological polar surface area (TPSA) is 77.3 Å². The number of alkyl halides is 1. The van der Waals surface area contributed by atoms with Crippen molar-refractivity contribution in [2.24, 2.45) is 0 Å². The quantitative estimate of drug-likeness (QED) is 0.465. The van der Waals surface area contributed by atoms with Gasteiger partial charge >= 0.3 is 0 Å². The maximum atomic E-state index is 12.5. The fourth-order valence-electron chi connectivity index (χ4n) is 2.20. The second kappa shape index (κ2) is 6.29. The van der Waals surface area contributed by atoms with Crippen LogP contribution in [0.25, 0.3) is 0 Å². The van der Waals surface area contributed by atoms with Crippen LogP contribution in [0.3, 0.4) is 0 Å². The minimum absolute atomic E-state index is 0.0158. The van der Waals surface area contributed by atoms with Crippen molar-refractivity contribution in [2.75, 3.05) is 5.75 Å². The van der Waals surface area contributed by atoms with Crippen LogP contribution in [0.2, 0.25) is 0 Å². The SMILES string of the molecule is Cc1ccc(C(C)(Cl)CS(=O)(=O)c2ccc([N+](=O)[O-])cc2)cc1.